The van der Waals surface area contributed by atoms with Crippen molar-refractivity contribution in [1.29, 1.82) is 0 Å². The summed E-state index contributed by atoms with van der Waals surface area (Å²) in [6.45, 7) is 1.32. The topological polar surface area (TPSA) is 154 Å². The Morgan fingerprint density at radius 1 is 1.20 bits per heavy atom. The summed E-state index contributed by atoms with van der Waals surface area (Å²) < 4.78 is 33.1. The Labute approximate surface area is 170 Å². The largest absolute Gasteiger partial charge is 0.420 e. The number of benzene rings is 2. The number of nitro benzene ring substituents is 1. The number of carbonyl (C=O) groups excluding carboxylic acids is 1. The summed E-state index contributed by atoms with van der Waals surface area (Å²) in [6.07, 6.45) is 0. The zero-order valence-electron chi connectivity index (χ0n) is 15.8. The van der Waals surface area contributed by atoms with Gasteiger partial charge in [-0.3, -0.25) is 19.5 Å². The molecule has 0 saturated heterocycles. The molecule has 1 heterocycles. The molecule has 0 radical (unpaired) electrons. The fraction of sp³-hybridized carbons (Fsp3) is 0.222. The first-order valence-electron chi connectivity index (χ1n) is 8.82. The molecule has 0 aliphatic carbocycles. The Balaban J connectivity index is 1.60. The van der Waals surface area contributed by atoms with Crippen molar-refractivity contribution >= 4 is 32.7 Å². The van der Waals surface area contributed by atoms with Gasteiger partial charge in [-0.2, -0.15) is 0 Å². The lowest BCUT2D eigenvalue weighted by Crippen LogP contribution is -2.39. The van der Waals surface area contributed by atoms with Crippen LogP contribution in [0.1, 0.15) is 13.0 Å². The SMILES string of the molecule is CC(C(=O)NCCNS(=O)(=O)c1cccc([N+](=O)[O-])c1)n1c(=O)oc2ccccc21. The number of hydrogen-bond acceptors (Lipinski definition) is 7. The van der Waals surface area contributed by atoms with Gasteiger partial charge < -0.3 is 9.73 Å². The fourth-order valence-corrected chi connectivity index (χ4v) is 3.91. The maximum Gasteiger partial charge on any atom is 0.420 e. The van der Waals surface area contributed by atoms with Gasteiger partial charge in [0.25, 0.3) is 5.69 Å². The standard InChI is InChI=1S/C18H18N4O7S/c1-12(21-15-7-2-3-8-16(15)29-18(21)24)17(23)19-9-10-20-30(27,28)14-6-4-5-13(11-14)22(25)26/h2-8,11-12,20H,9-10H2,1H3,(H,19,23). The van der Waals surface area contributed by atoms with Crippen LogP contribution >= 0.6 is 0 Å². The first-order chi connectivity index (χ1) is 14.2. The van der Waals surface area contributed by atoms with Gasteiger partial charge in [-0.25, -0.2) is 17.9 Å². The number of non-ortho nitro benzene ring substituents is 1. The smallest absolute Gasteiger partial charge is 0.408 e. The van der Waals surface area contributed by atoms with E-state index in [2.05, 4.69) is 10.0 Å². The number of amides is 1. The minimum atomic E-state index is -3.99. The van der Waals surface area contributed by atoms with Crippen LogP contribution in [-0.4, -0.2) is 36.9 Å². The number of rotatable bonds is 8. The molecule has 2 aromatic carbocycles. The molecule has 30 heavy (non-hydrogen) atoms. The maximum absolute atomic E-state index is 12.4. The van der Waals surface area contributed by atoms with Crippen LogP contribution < -0.4 is 15.8 Å². The highest BCUT2D eigenvalue weighted by Gasteiger charge is 2.21. The number of oxazole rings is 1. The summed E-state index contributed by atoms with van der Waals surface area (Å²) in [7, 11) is -3.99. The molecule has 1 unspecified atom stereocenters. The molecule has 0 aliphatic heterocycles. The van der Waals surface area contributed by atoms with Crippen molar-refractivity contribution < 1.29 is 22.6 Å². The Bertz CT molecular complexity index is 1260. The monoisotopic (exact) mass is 434 g/mol. The lowest BCUT2D eigenvalue weighted by Gasteiger charge is -2.13. The highest BCUT2D eigenvalue weighted by Crippen LogP contribution is 2.17. The van der Waals surface area contributed by atoms with Crippen molar-refractivity contribution in [2.45, 2.75) is 17.9 Å². The second kappa shape index (κ2) is 8.47. The van der Waals surface area contributed by atoms with E-state index in [-0.39, 0.29) is 23.7 Å². The predicted molar refractivity (Wildman–Crippen MR) is 106 cm³/mol. The summed E-state index contributed by atoms with van der Waals surface area (Å²) in [5.41, 5.74) is 0.473. The number of sulfonamides is 1. The Kier molecular flexibility index (Phi) is 5.99. The molecule has 1 aromatic heterocycles. The summed E-state index contributed by atoms with van der Waals surface area (Å²) in [5, 5.41) is 13.3. The molecule has 11 nitrogen and oxygen atoms in total. The first kappa shape index (κ1) is 21.2. The molecule has 0 aliphatic rings. The van der Waals surface area contributed by atoms with Crippen LogP contribution in [0.5, 0.6) is 0 Å². The molecular weight excluding hydrogens is 416 g/mol. The van der Waals surface area contributed by atoms with Gasteiger partial charge in [0.2, 0.25) is 15.9 Å². The van der Waals surface area contributed by atoms with Gasteiger partial charge in [-0.15, -0.1) is 0 Å². The van der Waals surface area contributed by atoms with Crippen molar-refractivity contribution in [2.24, 2.45) is 0 Å². The molecule has 1 atom stereocenters. The third-order valence-electron chi connectivity index (χ3n) is 4.34. The number of para-hydroxylation sites is 2. The van der Waals surface area contributed by atoms with Crippen LogP contribution in [0.2, 0.25) is 0 Å². The number of aromatic nitrogens is 1. The van der Waals surface area contributed by atoms with E-state index in [0.717, 1.165) is 6.07 Å². The van der Waals surface area contributed by atoms with E-state index >= 15 is 0 Å². The zero-order valence-corrected chi connectivity index (χ0v) is 16.6. The second-order valence-corrected chi connectivity index (χ2v) is 8.09. The highest BCUT2D eigenvalue weighted by molar-refractivity contribution is 7.89. The minimum absolute atomic E-state index is 0.0537. The van der Waals surface area contributed by atoms with Gasteiger partial charge in [0.1, 0.15) is 6.04 Å². The molecule has 1 amide bonds. The van der Waals surface area contributed by atoms with Crippen molar-refractivity contribution in [2.75, 3.05) is 13.1 Å². The van der Waals surface area contributed by atoms with E-state index in [4.69, 9.17) is 4.42 Å². The normalized spacial score (nSPS) is 12.6. The van der Waals surface area contributed by atoms with Crippen LogP contribution in [0.25, 0.3) is 11.1 Å². The van der Waals surface area contributed by atoms with Gasteiger partial charge in [0.05, 0.1) is 15.3 Å². The summed E-state index contributed by atoms with van der Waals surface area (Å²) in [6, 6.07) is 10.4. The van der Waals surface area contributed by atoms with Crippen molar-refractivity contribution in [3.63, 3.8) is 0 Å². The number of fused-ring (bicyclic) bond motifs is 1. The first-order valence-corrected chi connectivity index (χ1v) is 10.3. The summed E-state index contributed by atoms with van der Waals surface area (Å²) >= 11 is 0. The zero-order chi connectivity index (χ0) is 21.9. The number of carbonyl (C=O) groups is 1. The third-order valence-corrected chi connectivity index (χ3v) is 5.80. The van der Waals surface area contributed by atoms with E-state index in [9.17, 15) is 28.1 Å². The molecule has 158 valence electrons. The van der Waals surface area contributed by atoms with Crippen LogP contribution in [0.15, 0.2) is 62.6 Å². The Hall–Kier alpha value is -3.51. The average Bonchev–Trinajstić information content (AvgIpc) is 3.06. The molecule has 0 bridgehead atoms. The Morgan fingerprint density at radius 3 is 2.67 bits per heavy atom. The van der Waals surface area contributed by atoms with Crippen LogP contribution in [0.3, 0.4) is 0 Å². The average molecular weight is 434 g/mol. The molecule has 0 spiro atoms. The van der Waals surface area contributed by atoms with E-state index in [0.29, 0.717) is 11.1 Å². The maximum atomic E-state index is 12.4. The molecule has 0 saturated carbocycles. The minimum Gasteiger partial charge on any atom is -0.408 e. The van der Waals surface area contributed by atoms with Crippen LogP contribution in [0, 0.1) is 10.1 Å². The van der Waals surface area contributed by atoms with Crippen LogP contribution in [0.4, 0.5) is 5.69 Å². The number of nitrogens with zero attached hydrogens (tertiary/aromatic N) is 2. The molecule has 3 rings (SSSR count). The summed E-state index contributed by atoms with van der Waals surface area (Å²) in [5.74, 6) is -1.18. The fourth-order valence-electron chi connectivity index (χ4n) is 2.83. The van der Waals surface area contributed by atoms with Gasteiger partial charge in [-0.05, 0) is 25.1 Å². The van der Waals surface area contributed by atoms with E-state index in [1.165, 1.54) is 29.7 Å². The number of nitrogens with one attached hydrogen (secondary N) is 2. The number of nitro groups is 1. The molecule has 12 heteroatoms. The van der Waals surface area contributed by atoms with Crippen LogP contribution in [-0.2, 0) is 14.8 Å². The predicted octanol–water partition coefficient (Wildman–Crippen LogP) is 1.16. The molecule has 0 fully saturated rings. The lowest BCUT2D eigenvalue weighted by molar-refractivity contribution is -0.385. The molecular formula is C18H18N4O7S. The van der Waals surface area contributed by atoms with Gasteiger partial charge in [-0.1, -0.05) is 18.2 Å². The number of hydrogen-bond donors (Lipinski definition) is 2. The quantitative estimate of drug-likeness (QED) is 0.306. The lowest BCUT2D eigenvalue weighted by atomic mass is 10.2. The van der Waals surface area contributed by atoms with Crippen molar-refractivity contribution in [1.82, 2.24) is 14.6 Å². The molecule has 3 aromatic rings. The van der Waals surface area contributed by atoms with Gasteiger partial charge in [0.15, 0.2) is 5.58 Å². The highest BCUT2D eigenvalue weighted by atomic mass is 32.2. The van der Waals surface area contributed by atoms with Crippen molar-refractivity contribution in [3.8, 4) is 0 Å². The van der Waals surface area contributed by atoms with Crippen molar-refractivity contribution in [3.05, 3.63) is 69.2 Å². The molecule has 2 N–H and O–H groups in total. The van der Waals surface area contributed by atoms with E-state index in [1.54, 1.807) is 24.3 Å². The van der Waals surface area contributed by atoms with Gasteiger partial charge in [0, 0.05) is 25.2 Å². The summed E-state index contributed by atoms with van der Waals surface area (Å²) in [4.78, 5) is 34.3. The third kappa shape index (κ3) is 4.39. The van der Waals surface area contributed by atoms with E-state index in [1.807, 2.05) is 0 Å². The van der Waals surface area contributed by atoms with E-state index < -0.39 is 32.7 Å². The Morgan fingerprint density at radius 2 is 1.93 bits per heavy atom. The van der Waals surface area contributed by atoms with Gasteiger partial charge >= 0.3 is 5.76 Å². The second-order valence-electron chi connectivity index (χ2n) is 6.32.